The number of benzene rings is 1. The van der Waals surface area contributed by atoms with Gasteiger partial charge in [-0.1, -0.05) is 6.07 Å². The Kier molecular flexibility index (Phi) is 3.24. The topological polar surface area (TPSA) is 92.1 Å². The lowest BCUT2D eigenvalue weighted by Crippen LogP contribution is -2.31. The molecule has 0 aliphatic rings. The van der Waals surface area contributed by atoms with Gasteiger partial charge in [0.25, 0.3) is 10.0 Å². The molecular weight excluding hydrogens is 252 g/mol. The third-order valence-corrected chi connectivity index (χ3v) is 4.31. The van der Waals surface area contributed by atoms with E-state index < -0.39 is 10.0 Å². The van der Waals surface area contributed by atoms with E-state index in [-0.39, 0.29) is 5.03 Å². The molecule has 1 aromatic carbocycles. The Labute approximate surface area is 106 Å². The van der Waals surface area contributed by atoms with E-state index in [1.165, 1.54) is 16.8 Å². The van der Waals surface area contributed by atoms with Crippen molar-refractivity contribution in [2.75, 3.05) is 16.6 Å². The Bertz CT molecular complexity index is 622. The molecule has 6 nitrogen and oxygen atoms in total. The first kappa shape index (κ1) is 12.4. The highest BCUT2D eigenvalue weighted by molar-refractivity contribution is 7.92. The molecule has 0 saturated carbocycles. The van der Waals surface area contributed by atoms with Gasteiger partial charge in [-0.15, -0.1) is 0 Å². The molecule has 0 radical (unpaired) electrons. The summed E-state index contributed by atoms with van der Waals surface area (Å²) in [7, 11) is -3.62. The molecule has 0 fully saturated rings. The molecule has 0 amide bonds. The van der Waals surface area contributed by atoms with E-state index in [4.69, 9.17) is 5.73 Å². The van der Waals surface area contributed by atoms with Crippen LogP contribution in [0.2, 0.25) is 0 Å². The van der Waals surface area contributed by atoms with Crippen molar-refractivity contribution in [2.45, 2.75) is 11.9 Å². The fraction of sp³-hybridized carbons (Fsp3) is 0.182. The lowest BCUT2D eigenvalue weighted by Gasteiger charge is -2.22. The minimum atomic E-state index is -3.62. The molecule has 2 rings (SSSR count). The fourth-order valence-corrected chi connectivity index (χ4v) is 3.04. The number of imidazole rings is 1. The van der Waals surface area contributed by atoms with Crippen LogP contribution in [0.3, 0.4) is 0 Å². The third kappa shape index (κ3) is 2.17. The van der Waals surface area contributed by atoms with E-state index >= 15 is 0 Å². The first-order valence-corrected chi connectivity index (χ1v) is 6.86. The van der Waals surface area contributed by atoms with Gasteiger partial charge in [0.05, 0.1) is 18.2 Å². The van der Waals surface area contributed by atoms with Crippen LogP contribution in [-0.2, 0) is 10.0 Å². The van der Waals surface area contributed by atoms with Crippen LogP contribution in [0.1, 0.15) is 6.92 Å². The molecule has 18 heavy (non-hydrogen) atoms. The van der Waals surface area contributed by atoms with Crippen molar-refractivity contribution in [3.8, 4) is 0 Å². The van der Waals surface area contributed by atoms with Crippen LogP contribution in [0.5, 0.6) is 0 Å². The molecule has 0 saturated heterocycles. The number of H-pyrrole nitrogens is 1. The number of anilines is 2. The molecule has 7 heteroatoms. The van der Waals surface area contributed by atoms with Gasteiger partial charge >= 0.3 is 0 Å². The van der Waals surface area contributed by atoms with E-state index in [1.54, 1.807) is 31.2 Å². The normalized spacial score (nSPS) is 11.4. The van der Waals surface area contributed by atoms with Gasteiger partial charge < -0.3 is 10.7 Å². The molecular formula is C11H14N4O2S. The van der Waals surface area contributed by atoms with Crippen LogP contribution in [0.4, 0.5) is 11.4 Å². The summed E-state index contributed by atoms with van der Waals surface area (Å²) in [6.07, 6.45) is 2.62. The molecule has 2 aromatic rings. The number of nitrogen functional groups attached to an aromatic ring is 1. The summed E-state index contributed by atoms with van der Waals surface area (Å²) in [5.41, 5.74) is 6.72. The Balaban J connectivity index is 2.47. The summed E-state index contributed by atoms with van der Waals surface area (Å²) >= 11 is 0. The summed E-state index contributed by atoms with van der Waals surface area (Å²) in [4.78, 5) is 6.33. The number of hydrogen-bond acceptors (Lipinski definition) is 4. The average molecular weight is 266 g/mol. The zero-order valence-electron chi connectivity index (χ0n) is 9.87. The van der Waals surface area contributed by atoms with Crippen molar-refractivity contribution in [2.24, 2.45) is 0 Å². The van der Waals surface area contributed by atoms with E-state index in [2.05, 4.69) is 9.97 Å². The number of rotatable bonds is 4. The number of aromatic amines is 1. The maximum atomic E-state index is 12.4. The summed E-state index contributed by atoms with van der Waals surface area (Å²) in [5, 5.41) is 0.0618. The Hall–Kier alpha value is -2.02. The molecule has 1 heterocycles. The van der Waals surface area contributed by atoms with Crippen molar-refractivity contribution >= 4 is 21.4 Å². The third-order valence-electron chi connectivity index (χ3n) is 2.49. The second-order valence-corrected chi connectivity index (χ2v) is 5.51. The van der Waals surface area contributed by atoms with Crippen molar-refractivity contribution in [3.63, 3.8) is 0 Å². The van der Waals surface area contributed by atoms with Gasteiger partial charge in [-0.25, -0.2) is 4.98 Å². The summed E-state index contributed by atoms with van der Waals surface area (Å²) < 4.78 is 26.0. The monoisotopic (exact) mass is 266 g/mol. The van der Waals surface area contributed by atoms with Gasteiger partial charge in [0.2, 0.25) is 0 Å². The number of nitrogens with zero attached hydrogens (tertiary/aromatic N) is 2. The number of aromatic nitrogens is 2. The summed E-state index contributed by atoms with van der Waals surface area (Å²) in [5.74, 6) is 0. The number of hydrogen-bond donors (Lipinski definition) is 2. The first-order valence-electron chi connectivity index (χ1n) is 5.42. The molecule has 3 N–H and O–H groups in total. The van der Waals surface area contributed by atoms with Crippen LogP contribution in [0.15, 0.2) is 41.8 Å². The van der Waals surface area contributed by atoms with Crippen molar-refractivity contribution in [1.29, 1.82) is 0 Å². The Morgan fingerprint density at radius 1 is 1.44 bits per heavy atom. The van der Waals surface area contributed by atoms with Crippen molar-refractivity contribution in [1.82, 2.24) is 9.97 Å². The highest BCUT2D eigenvalue weighted by atomic mass is 32.2. The molecule has 1 aromatic heterocycles. The van der Waals surface area contributed by atoms with E-state index in [9.17, 15) is 8.42 Å². The van der Waals surface area contributed by atoms with Crippen LogP contribution >= 0.6 is 0 Å². The molecule has 0 spiro atoms. The zero-order chi connectivity index (χ0) is 13.2. The predicted molar refractivity (Wildman–Crippen MR) is 69.6 cm³/mol. The van der Waals surface area contributed by atoms with Gasteiger partial charge in [-0.05, 0) is 25.1 Å². The van der Waals surface area contributed by atoms with Gasteiger partial charge in [0, 0.05) is 12.2 Å². The second kappa shape index (κ2) is 4.69. The highest BCUT2D eigenvalue weighted by Crippen LogP contribution is 2.23. The number of nitrogens with one attached hydrogen (secondary N) is 1. The largest absolute Gasteiger partial charge is 0.399 e. The molecule has 0 aliphatic carbocycles. The maximum Gasteiger partial charge on any atom is 0.281 e. The molecule has 0 aliphatic heterocycles. The van der Waals surface area contributed by atoms with E-state index in [0.29, 0.717) is 17.9 Å². The summed E-state index contributed by atoms with van der Waals surface area (Å²) in [6.45, 7) is 2.07. The van der Waals surface area contributed by atoms with Gasteiger partial charge in [-0.3, -0.25) is 4.31 Å². The van der Waals surface area contributed by atoms with Gasteiger partial charge in [0.15, 0.2) is 5.03 Å². The lowest BCUT2D eigenvalue weighted by molar-refractivity contribution is 0.589. The minimum absolute atomic E-state index is 0.0618. The van der Waals surface area contributed by atoms with E-state index in [0.717, 1.165) is 0 Å². The number of nitrogens with two attached hydrogens (primary N) is 1. The highest BCUT2D eigenvalue weighted by Gasteiger charge is 2.24. The predicted octanol–water partition coefficient (Wildman–Crippen LogP) is 1.21. The average Bonchev–Trinajstić information content (AvgIpc) is 2.83. The standard InChI is InChI=1S/C11H14N4O2S/c1-2-15(10-5-3-4-9(12)6-10)18(16,17)11-7-13-8-14-11/h3-8H,2,12H2,1H3,(H,13,14). The molecule has 96 valence electrons. The Morgan fingerprint density at radius 2 is 2.22 bits per heavy atom. The van der Waals surface area contributed by atoms with Crippen molar-refractivity contribution < 1.29 is 8.42 Å². The SMILES string of the molecule is CCN(c1cccc(N)c1)S(=O)(=O)c1cnc[nH]1. The first-order chi connectivity index (χ1) is 8.55. The van der Waals surface area contributed by atoms with E-state index in [1.807, 2.05) is 0 Å². The fourth-order valence-electron chi connectivity index (χ4n) is 1.67. The lowest BCUT2D eigenvalue weighted by atomic mass is 10.3. The number of sulfonamides is 1. The molecule has 0 bridgehead atoms. The summed E-state index contributed by atoms with van der Waals surface area (Å²) in [6, 6.07) is 6.75. The Morgan fingerprint density at radius 3 is 2.78 bits per heavy atom. The van der Waals surface area contributed by atoms with Gasteiger partial charge in [0.1, 0.15) is 0 Å². The van der Waals surface area contributed by atoms with Crippen molar-refractivity contribution in [3.05, 3.63) is 36.8 Å². The zero-order valence-corrected chi connectivity index (χ0v) is 10.7. The van der Waals surface area contributed by atoms with Gasteiger partial charge in [-0.2, -0.15) is 8.42 Å². The van der Waals surface area contributed by atoms with Crippen LogP contribution in [0.25, 0.3) is 0 Å². The van der Waals surface area contributed by atoms with Crippen LogP contribution < -0.4 is 10.0 Å². The van der Waals surface area contributed by atoms with Crippen LogP contribution in [-0.4, -0.2) is 24.9 Å². The maximum absolute atomic E-state index is 12.4. The minimum Gasteiger partial charge on any atom is -0.399 e. The second-order valence-electron chi connectivity index (χ2n) is 3.68. The van der Waals surface area contributed by atoms with Crippen LogP contribution in [0, 0.1) is 0 Å². The molecule has 0 unspecified atom stereocenters. The molecule has 0 atom stereocenters. The smallest absolute Gasteiger partial charge is 0.281 e. The quantitative estimate of drug-likeness (QED) is 0.813.